The first-order valence-corrected chi connectivity index (χ1v) is 7.12. The lowest BCUT2D eigenvalue weighted by Gasteiger charge is -2.23. The predicted molar refractivity (Wildman–Crippen MR) is 77.7 cm³/mol. The zero-order valence-electron chi connectivity index (χ0n) is 12.5. The van der Waals surface area contributed by atoms with Crippen molar-refractivity contribution in [3.8, 4) is 0 Å². The van der Waals surface area contributed by atoms with E-state index in [9.17, 15) is 0 Å². The van der Waals surface area contributed by atoms with Crippen LogP contribution in [0.1, 0.15) is 20.1 Å². The molecule has 4 rings (SSSR count). The van der Waals surface area contributed by atoms with Crippen LogP contribution < -0.4 is 5.73 Å². The molecule has 0 aromatic carbocycles. The SMILES string of the molecule is CC1(C)O[C@@H]2[C@H](O1)[C@@H](n1cnc3c(N)ncnc31)O[C@H]2/C=N/O. The highest BCUT2D eigenvalue weighted by molar-refractivity contribution is 5.81. The standard InChI is InChI=1S/C13H16N6O4/c1-13(2)22-8-6(3-18-20)21-12(9(8)23-13)19-5-17-7-10(14)15-4-16-11(7)19/h3-6,8-9,12,20H,1-2H3,(H2,14,15,16)/b18-3+/t6-,8-,9-,12-/m0/s1. The molecule has 3 N–H and O–H groups in total. The molecule has 0 bridgehead atoms. The second kappa shape index (κ2) is 4.85. The van der Waals surface area contributed by atoms with Crippen LogP contribution in [-0.2, 0) is 14.2 Å². The molecule has 2 aliphatic rings. The molecule has 4 atom stereocenters. The van der Waals surface area contributed by atoms with Crippen molar-refractivity contribution in [2.75, 3.05) is 5.73 Å². The Bertz CT molecular complexity index is 775. The average Bonchev–Trinajstić information content (AvgIpc) is 3.13. The minimum atomic E-state index is -0.761. The lowest BCUT2D eigenvalue weighted by molar-refractivity contribution is -0.188. The van der Waals surface area contributed by atoms with Gasteiger partial charge in [-0.15, -0.1) is 0 Å². The molecule has 0 unspecified atom stereocenters. The van der Waals surface area contributed by atoms with E-state index < -0.39 is 30.3 Å². The monoisotopic (exact) mass is 320 g/mol. The summed E-state index contributed by atoms with van der Waals surface area (Å²) in [5.41, 5.74) is 6.84. The van der Waals surface area contributed by atoms with Crippen molar-refractivity contribution in [2.45, 2.75) is 44.2 Å². The number of nitrogen functional groups attached to an aromatic ring is 1. The van der Waals surface area contributed by atoms with Crippen LogP contribution in [0.25, 0.3) is 11.2 Å². The Morgan fingerprint density at radius 1 is 1.30 bits per heavy atom. The van der Waals surface area contributed by atoms with Gasteiger partial charge in [0.2, 0.25) is 0 Å². The minimum Gasteiger partial charge on any atom is -0.411 e. The van der Waals surface area contributed by atoms with Gasteiger partial charge in [0.05, 0.1) is 12.5 Å². The first kappa shape index (κ1) is 14.3. The summed E-state index contributed by atoms with van der Waals surface area (Å²) in [5, 5.41) is 11.9. The van der Waals surface area contributed by atoms with Crippen LogP contribution in [0.2, 0.25) is 0 Å². The Morgan fingerprint density at radius 3 is 2.87 bits per heavy atom. The fraction of sp³-hybridized carbons (Fsp3) is 0.538. The maximum absolute atomic E-state index is 8.84. The normalized spacial score (nSPS) is 32.8. The van der Waals surface area contributed by atoms with Gasteiger partial charge in [-0.05, 0) is 13.8 Å². The van der Waals surface area contributed by atoms with Gasteiger partial charge in [0.25, 0.3) is 0 Å². The molecular formula is C13H16N6O4. The molecule has 10 nitrogen and oxygen atoms in total. The molecule has 0 aliphatic carbocycles. The van der Waals surface area contributed by atoms with Crippen LogP contribution >= 0.6 is 0 Å². The summed E-state index contributed by atoms with van der Waals surface area (Å²) in [6.45, 7) is 3.64. The van der Waals surface area contributed by atoms with Gasteiger partial charge in [0, 0.05) is 0 Å². The van der Waals surface area contributed by atoms with Crippen LogP contribution in [0.3, 0.4) is 0 Å². The van der Waals surface area contributed by atoms with Gasteiger partial charge in [-0.1, -0.05) is 5.16 Å². The van der Waals surface area contributed by atoms with Crippen LogP contribution in [0.4, 0.5) is 5.82 Å². The molecule has 2 saturated heterocycles. The second-order valence-electron chi connectivity index (χ2n) is 5.90. The van der Waals surface area contributed by atoms with Crippen LogP contribution in [0.5, 0.6) is 0 Å². The van der Waals surface area contributed by atoms with Gasteiger partial charge in [0.1, 0.15) is 30.2 Å². The first-order valence-electron chi connectivity index (χ1n) is 7.12. The molecule has 2 fully saturated rings. The first-order chi connectivity index (χ1) is 11.0. The van der Waals surface area contributed by atoms with Crippen molar-refractivity contribution in [1.82, 2.24) is 19.5 Å². The highest BCUT2D eigenvalue weighted by Gasteiger charge is 2.55. The van der Waals surface area contributed by atoms with Gasteiger partial charge in [-0.3, -0.25) is 4.57 Å². The van der Waals surface area contributed by atoms with E-state index in [1.54, 1.807) is 10.9 Å². The summed E-state index contributed by atoms with van der Waals surface area (Å²) in [6, 6.07) is 0. The lowest BCUT2D eigenvalue weighted by Crippen LogP contribution is -2.30. The van der Waals surface area contributed by atoms with Crippen molar-refractivity contribution >= 4 is 23.2 Å². The smallest absolute Gasteiger partial charge is 0.167 e. The lowest BCUT2D eigenvalue weighted by atomic mass is 10.1. The van der Waals surface area contributed by atoms with Gasteiger partial charge in [0.15, 0.2) is 23.5 Å². The molecule has 0 saturated carbocycles. The quantitative estimate of drug-likeness (QED) is 0.458. The van der Waals surface area contributed by atoms with Crippen molar-refractivity contribution < 1.29 is 19.4 Å². The molecule has 2 aromatic heterocycles. The maximum Gasteiger partial charge on any atom is 0.167 e. The Morgan fingerprint density at radius 2 is 2.09 bits per heavy atom. The predicted octanol–water partition coefficient (Wildman–Crippen LogP) is 0.286. The third-order valence-corrected chi connectivity index (χ3v) is 3.94. The molecule has 0 amide bonds. The summed E-state index contributed by atoms with van der Waals surface area (Å²) < 4.78 is 19.5. The molecular weight excluding hydrogens is 304 g/mol. The second-order valence-corrected chi connectivity index (χ2v) is 5.90. The van der Waals surface area contributed by atoms with Gasteiger partial charge >= 0.3 is 0 Å². The fourth-order valence-corrected chi connectivity index (χ4v) is 3.07. The van der Waals surface area contributed by atoms with Gasteiger partial charge < -0.3 is 25.2 Å². The van der Waals surface area contributed by atoms with E-state index in [-0.39, 0.29) is 0 Å². The zero-order valence-corrected chi connectivity index (χ0v) is 12.5. The number of anilines is 1. The van der Waals surface area contributed by atoms with E-state index >= 15 is 0 Å². The Labute approximate surface area is 130 Å². The highest BCUT2D eigenvalue weighted by Crippen LogP contribution is 2.43. The number of hydrogen-bond donors (Lipinski definition) is 2. The number of ether oxygens (including phenoxy) is 3. The molecule has 0 radical (unpaired) electrons. The van der Waals surface area contributed by atoms with E-state index in [2.05, 4.69) is 20.1 Å². The van der Waals surface area contributed by atoms with Crippen LogP contribution in [0, 0.1) is 0 Å². The minimum absolute atomic E-state index is 0.292. The number of fused-ring (bicyclic) bond motifs is 2. The summed E-state index contributed by atoms with van der Waals surface area (Å²) in [5.74, 6) is -0.468. The van der Waals surface area contributed by atoms with Crippen LogP contribution in [0.15, 0.2) is 17.8 Å². The van der Waals surface area contributed by atoms with Crippen molar-refractivity contribution in [1.29, 1.82) is 0 Å². The molecule has 2 aliphatic heterocycles. The van der Waals surface area contributed by atoms with E-state index in [4.69, 9.17) is 25.2 Å². The van der Waals surface area contributed by atoms with E-state index in [0.717, 1.165) is 0 Å². The van der Waals surface area contributed by atoms with Gasteiger partial charge in [-0.2, -0.15) is 0 Å². The summed E-state index contributed by atoms with van der Waals surface area (Å²) in [7, 11) is 0. The number of nitrogens with two attached hydrogens (primary N) is 1. The zero-order chi connectivity index (χ0) is 16.2. The van der Waals surface area contributed by atoms with Crippen molar-refractivity contribution in [3.05, 3.63) is 12.7 Å². The molecule has 2 aromatic rings. The number of hydrogen-bond acceptors (Lipinski definition) is 9. The van der Waals surface area contributed by atoms with Crippen molar-refractivity contribution in [2.24, 2.45) is 5.16 Å². The fourth-order valence-electron chi connectivity index (χ4n) is 3.07. The highest BCUT2D eigenvalue weighted by atomic mass is 16.8. The maximum atomic E-state index is 8.84. The molecule has 23 heavy (non-hydrogen) atoms. The topological polar surface area (TPSA) is 130 Å². The van der Waals surface area contributed by atoms with E-state index in [1.165, 1.54) is 12.5 Å². The molecule has 10 heteroatoms. The Balaban J connectivity index is 1.77. The molecule has 0 spiro atoms. The summed E-state index contributed by atoms with van der Waals surface area (Å²) >= 11 is 0. The third kappa shape index (κ3) is 2.14. The number of rotatable bonds is 2. The molecule has 4 heterocycles. The summed E-state index contributed by atoms with van der Waals surface area (Å²) in [6.07, 6.45) is 2.34. The number of aromatic nitrogens is 4. The van der Waals surface area contributed by atoms with E-state index in [0.29, 0.717) is 17.0 Å². The Kier molecular flexibility index (Phi) is 3.01. The van der Waals surface area contributed by atoms with Gasteiger partial charge in [-0.25, -0.2) is 15.0 Å². The number of nitrogens with zero attached hydrogens (tertiary/aromatic N) is 5. The molecule has 122 valence electrons. The van der Waals surface area contributed by atoms with Crippen LogP contribution in [-0.4, -0.2) is 55.0 Å². The van der Waals surface area contributed by atoms with E-state index in [1.807, 2.05) is 13.8 Å². The Hall–Kier alpha value is -2.30. The summed E-state index contributed by atoms with van der Waals surface area (Å²) in [4.78, 5) is 12.4. The number of oxime groups is 1. The third-order valence-electron chi connectivity index (χ3n) is 3.94. The largest absolute Gasteiger partial charge is 0.411 e. The number of imidazole rings is 1. The average molecular weight is 320 g/mol. The van der Waals surface area contributed by atoms with Crippen molar-refractivity contribution in [3.63, 3.8) is 0 Å².